The summed E-state index contributed by atoms with van der Waals surface area (Å²) in [6.45, 7) is 11.7. The normalized spacial score (nSPS) is 15.5. The van der Waals surface area contributed by atoms with E-state index in [-0.39, 0.29) is 36.6 Å². The summed E-state index contributed by atoms with van der Waals surface area (Å²) in [6.07, 6.45) is 10.8. The van der Waals surface area contributed by atoms with Gasteiger partial charge >= 0.3 is 0 Å². The smallest absolute Gasteiger partial charge is 0.220 e. The Morgan fingerprint density at radius 2 is 1.19 bits per heavy atom. The van der Waals surface area contributed by atoms with E-state index in [0.717, 1.165) is 68.0 Å². The average molecular weight is 537 g/mol. The summed E-state index contributed by atoms with van der Waals surface area (Å²) in [5.41, 5.74) is 16.2. The highest BCUT2D eigenvalue weighted by Crippen LogP contribution is 2.28. The van der Waals surface area contributed by atoms with Gasteiger partial charge in [-0.3, -0.25) is 19.6 Å². The first-order valence-corrected chi connectivity index (χ1v) is 12.5. The van der Waals surface area contributed by atoms with E-state index in [0.29, 0.717) is 0 Å². The molecule has 0 saturated carbocycles. The van der Waals surface area contributed by atoms with E-state index in [2.05, 4.69) is 34.0 Å². The van der Waals surface area contributed by atoms with E-state index in [4.69, 9.17) is 23.1 Å². The molecule has 7 N–H and O–H groups in total. The molecule has 2 aromatic heterocycles. The predicted octanol–water partition coefficient (Wildman–Crippen LogP) is 3.03. The lowest BCUT2D eigenvalue weighted by Crippen LogP contribution is -2.39. The summed E-state index contributed by atoms with van der Waals surface area (Å²) in [6, 6.07) is 0. The maximum atomic E-state index is 11.1. The zero-order chi connectivity index (χ0) is 26.0. The van der Waals surface area contributed by atoms with E-state index < -0.39 is 0 Å². The molecule has 2 amide bonds. The first-order chi connectivity index (χ1) is 16.6. The van der Waals surface area contributed by atoms with E-state index in [9.17, 15) is 9.59 Å². The van der Waals surface area contributed by atoms with Crippen LogP contribution in [0.3, 0.4) is 0 Å². The highest BCUT2D eigenvalue weighted by Gasteiger charge is 2.24. The summed E-state index contributed by atoms with van der Waals surface area (Å²) in [5.74, 6) is -0.121. The molecule has 0 spiro atoms. The van der Waals surface area contributed by atoms with Crippen molar-refractivity contribution >= 4 is 29.1 Å². The van der Waals surface area contributed by atoms with Crippen molar-refractivity contribution in [2.45, 2.75) is 60.8 Å². The van der Waals surface area contributed by atoms with Gasteiger partial charge in [0.25, 0.3) is 0 Å². The van der Waals surface area contributed by atoms with Gasteiger partial charge in [-0.15, -0.1) is 0 Å². The zero-order valence-electron chi connectivity index (χ0n) is 21.8. The number of hydrogen-bond acceptors (Lipinski definition) is 6. The molecule has 2 fully saturated rings. The van der Waals surface area contributed by atoms with Crippen LogP contribution in [0, 0.1) is 39.5 Å². The SMILES string of the molecule is C.Cc1cncc(C)c1Cl.Cc1cncc(C)c1N1CCC(C(N)=O)CC1.NC(=O)C1CCNCC1.O. The molecule has 2 aliphatic heterocycles. The lowest BCUT2D eigenvalue weighted by Gasteiger charge is -2.34. The Hall–Kier alpha value is -2.75. The summed E-state index contributed by atoms with van der Waals surface area (Å²) in [4.78, 5) is 32.2. The molecule has 208 valence electrons. The molecule has 0 aliphatic carbocycles. The van der Waals surface area contributed by atoms with E-state index >= 15 is 0 Å². The second-order valence-electron chi connectivity index (χ2n) is 9.30. The molecular weight excluding hydrogens is 492 g/mol. The molecule has 4 rings (SSSR count). The number of anilines is 1. The Bertz CT molecular complexity index is 950. The van der Waals surface area contributed by atoms with Gasteiger partial charge in [0.2, 0.25) is 11.8 Å². The summed E-state index contributed by atoms with van der Waals surface area (Å²) >= 11 is 5.84. The number of carbonyl (C=O) groups excluding carboxylic acids is 2. The number of hydrogen-bond donors (Lipinski definition) is 3. The number of nitrogens with zero attached hydrogens (tertiary/aromatic N) is 3. The van der Waals surface area contributed by atoms with Crippen LogP contribution in [0.2, 0.25) is 5.02 Å². The number of rotatable bonds is 3. The van der Waals surface area contributed by atoms with Crippen LogP contribution < -0.4 is 21.7 Å². The van der Waals surface area contributed by atoms with Crippen molar-refractivity contribution in [3.05, 3.63) is 52.1 Å². The minimum absolute atomic E-state index is 0. The Morgan fingerprint density at radius 1 is 0.811 bits per heavy atom. The van der Waals surface area contributed by atoms with Crippen molar-refractivity contribution in [1.82, 2.24) is 15.3 Å². The summed E-state index contributed by atoms with van der Waals surface area (Å²) in [5, 5.41) is 3.99. The Morgan fingerprint density at radius 3 is 1.54 bits per heavy atom. The minimum atomic E-state index is -0.159. The first kappa shape index (κ1) is 34.2. The average Bonchev–Trinajstić information content (AvgIpc) is 2.84. The molecule has 0 atom stereocenters. The summed E-state index contributed by atoms with van der Waals surface area (Å²) in [7, 11) is 0. The van der Waals surface area contributed by atoms with Crippen LogP contribution in [0.25, 0.3) is 0 Å². The van der Waals surface area contributed by atoms with E-state index in [1.54, 1.807) is 12.4 Å². The van der Waals surface area contributed by atoms with Gasteiger partial charge < -0.3 is 27.2 Å². The van der Waals surface area contributed by atoms with Gasteiger partial charge in [-0.25, -0.2) is 0 Å². The standard InChI is InChI=1S/C13H19N3O.C7H8ClN.C6H12N2O.CH4.H2O/c1-9-7-15-8-10(2)12(9)16-5-3-11(4-6-16)13(14)17;1-5-3-9-4-6(2)7(5)8;7-6(9)5-1-3-8-4-2-5;;/h7-8,11H,3-6H2,1-2H3,(H2,14,17);3-4H,1-2H3;5,8H,1-4H2,(H2,7,9);1H4;1H2. The van der Waals surface area contributed by atoms with Gasteiger partial charge in [-0.2, -0.15) is 0 Å². The number of amides is 2. The third-order valence-corrected chi connectivity index (χ3v) is 7.06. The van der Waals surface area contributed by atoms with Crippen LogP contribution in [0.1, 0.15) is 55.4 Å². The van der Waals surface area contributed by atoms with Crippen molar-refractivity contribution < 1.29 is 15.1 Å². The number of piperidine rings is 2. The van der Waals surface area contributed by atoms with Gasteiger partial charge in [0.05, 0.1) is 0 Å². The van der Waals surface area contributed by atoms with Crippen LogP contribution in [0.15, 0.2) is 24.8 Å². The topological polar surface area (TPSA) is 159 Å². The quantitative estimate of drug-likeness (QED) is 0.546. The fourth-order valence-corrected chi connectivity index (χ4v) is 4.47. The van der Waals surface area contributed by atoms with Crippen LogP contribution in [-0.2, 0) is 9.59 Å². The monoisotopic (exact) mass is 536 g/mol. The Labute approximate surface area is 226 Å². The van der Waals surface area contributed by atoms with Crippen LogP contribution in [-0.4, -0.2) is 53.4 Å². The molecule has 0 unspecified atom stereocenters. The van der Waals surface area contributed by atoms with Gasteiger partial charge in [0.15, 0.2) is 0 Å². The van der Waals surface area contributed by atoms with E-state index in [1.807, 2.05) is 26.2 Å². The second kappa shape index (κ2) is 16.9. The van der Waals surface area contributed by atoms with Gasteiger partial charge in [-0.1, -0.05) is 19.0 Å². The zero-order valence-corrected chi connectivity index (χ0v) is 22.6. The summed E-state index contributed by atoms with van der Waals surface area (Å²) < 4.78 is 0. The maximum Gasteiger partial charge on any atom is 0.220 e. The largest absolute Gasteiger partial charge is 0.412 e. The fourth-order valence-electron chi connectivity index (χ4n) is 4.37. The minimum Gasteiger partial charge on any atom is -0.412 e. The van der Waals surface area contributed by atoms with Gasteiger partial charge in [-0.05, 0) is 88.7 Å². The number of halogens is 1. The Balaban J connectivity index is 0.000000555. The predicted molar refractivity (Wildman–Crippen MR) is 152 cm³/mol. The molecule has 9 nitrogen and oxygen atoms in total. The van der Waals surface area contributed by atoms with E-state index in [1.165, 1.54) is 16.8 Å². The number of carbonyl (C=O) groups is 2. The van der Waals surface area contributed by atoms with Gasteiger partial charge in [0.1, 0.15) is 0 Å². The molecule has 2 aliphatic rings. The number of pyridine rings is 2. The highest BCUT2D eigenvalue weighted by molar-refractivity contribution is 6.32. The molecule has 4 heterocycles. The third-order valence-electron chi connectivity index (χ3n) is 6.47. The molecular formula is C27H45ClN6O3. The van der Waals surface area contributed by atoms with Crippen LogP contribution in [0.4, 0.5) is 5.69 Å². The first-order valence-electron chi connectivity index (χ1n) is 12.1. The Kier molecular flexibility index (Phi) is 15.6. The molecule has 37 heavy (non-hydrogen) atoms. The number of nitrogens with two attached hydrogens (primary N) is 2. The van der Waals surface area contributed by atoms with Crippen molar-refractivity contribution in [2.75, 3.05) is 31.1 Å². The van der Waals surface area contributed by atoms with Crippen LogP contribution in [0.5, 0.6) is 0 Å². The fraction of sp³-hybridized carbons (Fsp3) is 0.556. The molecule has 2 saturated heterocycles. The lowest BCUT2D eigenvalue weighted by atomic mass is 9.95. The maximum absolute atomic E-state index is 11.1. The lowest BCUT2D eigenvalue weighted by molar-refractivity contribution is -0.123. The number of aryl methyl sites for hydroxylation is 4. The van der Waals surface area contributed by atoms with Crippen molar-refractivity contribution in [1.29, 1.82) is 0 Å². The third kappa shape index (κ3) is 10.6. The molecule has 0 aromatic carbocycles. The molecule has 0 radical (unpaired) electrons. The molecule has 10 heteroatoms. The van der Waals surface area contributed by atoms with Crippen LogP contribution >= 0.6 is 11.6 Å². The second-order valence-corrected chi connectivity index (χ2v) is 9.68. The van der Waals surface area contributed by atoms with Crippen molar-refractivity contribution in [2.24, 2.45) is 23.3 Å². The molecule has 0 bridgehead atoms. The number of nitrogens with one attached hydrogen (secondary N) is 1. The molecule has 2 aromatic rings. The highest BCUT2D eigenvalue weighted by atomic mass is 35.5. The number of primary amides is 2. The number of aromatic nitrogens is 2. The van der Waals surface area contributed by atoms with Gasteiger partial charge in [0, 0.05) is 60.4 Å². The van der Waals surface area contributed by atoms with Crippen molar-refractivity contribution in [3.8, 4) is 0 Å². The van der Waals surface area contributed by atoms with Crippen molar-refractivity contribution in [3.63, 3.8) is 0 Å².